The van der Waals surface area contributed by atoms with Crippen molar-refractivity contribution in [2.24, 2.45) is 0 Å². The molecule has 0 heterocycles. The Bertz CT molecular complexity index is 468. The van der Waals surface area contributed by atoms with Gasteiger partial charge in [-0.3, -0.25) is 0 Å². The zero-order chi connectivity index (χ0) is 11.2. The van der Waals surface area contributed by atoms with Gasteiger partial charge in [-0.2, -0.15) is 0 Å². The molecular formula is C16H18. The molecule has 0 aliphatic rings. The van der Waals surface area contributed by atoms with Crippen LogP contribution < -0.4 is 0 Å². The number of allylic oxidation sites excluding steroid dienone is 1. The molecular weight excluding hydrogens is 192 g/mol. The van der Waals surface area contributed by atoms with Gasteiger partial charge in [-0.15, -0.1) is 6.58 Å². The Kier molecular flexibility index (Phi) is 3.76. The van der Waals surface area contributed by atoms with Crippen LogP contribution in [-0.4, -0.2) is 0 Å². The van der Waals surface area contributed by atoms with Gasteiger partial charge in [0, 0.05) is 0 Å². The van der Waals surface area contributed by atoms with Gasteiger partial charge in [0.25, 0.3) is 0 Å². The van der Waals surface area contributed by atoms with E-state index in [2.05, 4.69) is 49.0 Å². The monoisotopic (exact) mass is 210 g/mol. The second kappa shape index (κ2) is 5.50. The molecule has 2 aromatic rings. The van der Waals surface area contributed by atoms with Crippen LogP contribution in [0.15, 0.2) is 55.1 Å². The summed E-state index contributed by atoms with van der Waals surface area (Å²) in [6.45, 7) is 3.75. The van der Waals surface area contributed by atoms with E-state index in [4.69, 9.17) is 0 Å². The smallest absolute Gasteiger partial charge is 0.0181 e. The summed E-state index contributed by atoms with van der Waals surface area (Å²) in [4.78, 5) is 0. The van der Waals surface area contributed by atoms with E-state index in [0.29, 0.717) is 0 Å². The summed E-state index contributed by atoms with van der Waals surface area (Å²) in [6.07, 6.45) is 6.81. The highest BCUT2D eigenvalue weighted by Gasteiger charge is 1.96. The van der Waals surface area contributed by atoms with Crippen LogP contribution >= 0.6 is 0 Å². The molecule has 2 rings (SSSR count). The predicted molar refractivity (Wildman–Crippen MR) is 71.7 cm³/mol. The molecule has 0 amide bonds. The van der Waals surface area contributed by atoms with Crippen molar-refractivity contribution < 1.29 is 0 Å². The summed E-state index contributed by atoms with van der Waals surface area (Å²) in [5, 5.41) is 2.68. The lowest BCUT2D eigenvalue weighted by Gasteiger charge is -2.03. The first-order valence-electron chi connectivity index (χ1n) is 5.99. The Morgan fingerprint density at radius 2 is 1.75 bits per heavy atom. The summed E-state index contributed by atoms with van der Waals surface area (Å²) in [6, 6.07) is 15.3. The van der Waals surface area contributed by atoms with Crippen molar-refractivity contribution in [1.29, 1.82) is 0 Å². The number of rotatable bonds is 5. The third kappa shape index (κ3) is 2.73. The number of benzene rings is 2. The van der Waals surface area contributed by atoms with Crippen LogP contribution in [0.2, 0.25) is 0 Å². The van der Waals surface area contributed by atoms with Crippen molar-refractivity contribution in [3.8, 4) is 0 Å². The van der Waals surface area contributed by atoms with Crippen molar-refractivity contribution in [3.63, 3.8) is 0 Å². The average Bonchev–Trinajstić information content (AvgIpc) is 2.34. The van der Waals surface area contributed by atoms with E-state index in [1.54, 1.807) is 0 Å². The van der Waals surface area contributed by atoms with E-state index in [0.717, 1.165) is 6.42 Å². The van der Waals surface area contributed by atoms with E-state index < -0.39 is 0 Å². The van der Waals surface area contributed by atoms with Crippen LogP contribution in [0, 0.1) is 0 Å². The Balaban J connectivity index is 2.05. The first-order chi connectivity index (χ1) is 7.90. The number of aryl methyl sites for hydroxylation is 1. The first-order valence-corrected chi connectivity index (χ1v) is 5.99. The van der Waals surface area contributed by atoms with Gasteiger partial charge in [0.15, 0.2) is 0 Å². The van der Waals surface area contributed by atoms with E-state index >= 15 is 0 Å². The number of fused-ring (bicyclic) bond motifs is 1. The molecule has 16 heavy (non-hydrogen) atoms. The summed E-state index contributed by atoms with van der Waals surface area (Å²) < 4.78 is 0. The fraction of sp³-hybridized carbons (Fsp3) is 0.250. The molecule has 0 spiro atoms. The zero-order valence-electron chi connectivity index (χ0n) is 9.65. The van der Waals surface area contributed by atoms with Crippen LogP contribution in [0.1, 0.15) is 24.8 Å². The lowest BCUT2D eigenvalue weighted by molar-refractivity contribution is 0.749. The predicted octanol–water partition coefficient (Wildman–Crippen LogP) is 4.74. The zero-order valence-corrected chi connectivity index (χ0v) is 9.65. The maximum Gasteiger partial charge on any atom is -0.0181 e. The molecule has 0 saturated heterocycles. The van der Waals surface area contributed by atoms with Gasteiger partial charge < -0.3 is 0 Å². The van der Waals surface area contributed by atoms with Crippen LogP contribution in [-0.2, 0) is 6.42 Å². The van der Waals surface area contributed by atoms with Crippen molar-refractivity contribution in [2.45, 2.75) is 25.7 Å². The van der Waals surface area contributed by atoms with E-state index in [-0.39, 0.29) is 0 Å². The van der Waals surface area contributed by atoms with Crippen molar-refractivity contribution in [1.82, 2.24) is 0 Å². The largest absolute Gasteiger partial charge is 0.103 e. The quantitative estimate of drug-likeness (QED) is 0.494. The summed E-state index contributed by atoms with van der Waals surface area (Å²) in [7, 11) is 0. The minimum Gasteiger partial charge on any atom is -0.103 e. The molecule has 0 N–H and O–H groups in total. The second-order valence-corrected chi connectivity index (χ2v) is 4.22. The lowest BCUT2D eigenvalue weighted by Crippen LogP contribution is -1.85. The van der Waals surface area contributed by atoms with Gasteiger partial charge in [0.2, 0.25) is 0 Å². The maximum atomic E-state index is 3.75. The first kappa shape index (κ1) is 10.9. The molecule has 0 nitrogen and oxygen atoms in total. The minimum absolute atomic E-state index is 1.13. The highest BCUT2D eigenvalue weighted by Crippen LogP contribution is 2.17. The Morgan fingerprint density at radius 3 is 2.56 bits per heavy atom. The molecule has 0 aliphatic carbocycles. The second-order valence-electron chi connectivity index (χ2n) is 4.22. The molecule has 0 heteroatoms. The lowest BCUT2D eigenvalue weighted by atomic mass is 10.0. The van der Waals surface area contributed by atoms with Crippen molar-refractivity contribution in [3.05, 3.63) is 60.7 Å². The number of unbranched alkanes of at least 4 members (excludes halogenated alkanes) is 2. The van der Waals surface area contributed by atoms with E-state index in [1.165, 1.54) is 35.6 Å². The fourth-order valence-corrected chi connectivity index (χ4v) is 2.01. The van der Waals surface area contributed by atoms with Crippen molar-refractivity contribution in [2.75, 3.05) is 0 Å². The van der Waals surface area contributed by atoms with Crippen LogP contribution in [0.25, 0.3) is 10.8 Å². The number of hydrogen-bond acceptors (Lipinski definition) is 0. The Hall–Kier alpha value is -1.56. The third-order valence-electron chi connectivity index (χ3n) is 2.94. The Labute approximate surface area is 97.6 Å². The highest BCUT2D eigenvalue weighted by molar-refractivity contribution is 5.82. The van der Waals surface area contributed by atoms with Gasteiger partial charge in [0.1, 0.15) is 0 Å². The molecule has 0 aliphatic heterocycles. The standard InChI is InChI=1S/C16H18/c1-2-3-4-5-8-14-11-12-15-9-6-7-10-16(15)13-14/h2,6-7,9-13H,1,3-5,8H2. The average molecular weight is 210 g/mol. The molecule has 0 saturated carbocycles. The molecule has 0 aromatic heterocycles. The fourth-order valence-electron chi connectivity index (χ4n) is 2.01. The maximum absolute atomic E-state index is 3.75. The van der Waals surface area contributed by atoms with Crippen LogP contribution in [0.4, 0.5) is 0 Å². The van der Waals surface area contributed by atoms with Gasteiger partial charge in [0.05, 0.1) is 0 Å². The topological polar surface area (TPSA) is 0 Å². The molecule has 0 fully saturated rings. The van der Waals surface area contributed by atoms with E-state index in [1.807, 2.05) is 6.08 Å². The Morgan fingerprint density at radius 1 is 0.938 bits per heavy atom. The molecule has 0 atom stereocenters. The minimum atomic E-state index is 1.13. The molecule has 0 bridgehead atoms. The highest BCUT2D eigenvalue weighted by atomic mass is 14.0. The summed E-state index contributed by atoms with van der Waals surface area (Å²) >= 11 is 0. The summed E-state index contributed by atoms with van der Waals surface area (Å²) in [5.41, 5.74) is 1.45. The number of hydrogen-bond donors (Lipinski definition) is 0. The molecule has 82 valence electrons. The third-order valence-corrected chi connectivity index (χ3v) is 2.94. The van der Waals surface area contributed by atoms with Gasteiger partial charge in [-0.25, -0.2) is 0 Å². The summed E-state index contributed by atoms with van der Waals surface area (Å²) in [5.74, 6) is 0. The van der Waals surface area contributed by atoms with Crippen LogP contribution in [0.3, 0.4) is 0 Å². The van der Waals surface area contributed by atoms with Gasteiger partial charge >= 0.3 is 0 Å². The van der Waals surface area contributed by atoms with Crippen LogP contribution in [0.5, 0.6) is 0 Å². The molecule has 2 aromatic carbocycles. The van der Waals surface area contributed by atoms with E-state index in [9.17, 15) is 0 Å². The SMILES string of the molecule is C=CCCCCc1ccc2ccccc2c1. The van der Waals surface area contributed by atoms with Gasteiger partial charge in [-0.05, 0) is 42.0 Å². The molecule has 0 unspecified atom stereocenters. The van der Waals surface area contributed by atoms with Crippen molar-refractivity contribution >= 4 is 10.8 Å². The molecule has 0 radical (unpaired) electrons. The normalized spacial score (nSPS) is 10.5. The van der Waals surface area contributed by atoms with Gasteiger partial charge in [-0.1, -0.05) is 48.5 Å².